The standard InChI is InChI=1S/C32H45N7O2/c1-18(2)39(16-20-14-26(29(41)28(20)40)38-11-10-23-30(33)34-17-35-31(23)38)22-12-19(13-22)6-9-27-36-24-8-7-21(32(3,4)5)15-25(24)37-27/h7-8,10-11,15,17-20,22,26,28-29,40-41H,6,9,12-14,16H2,1-5H3,(H,36,37)(H2,33,34,35)/t19?,20-,22?,26-,28-,29+/m1/s1. The van der Waals surface area contributed by atoms with E-state index in [4.69, 9.17) is 10.7 Å². The highest BCUT2D eigenvalue weighted by Gasteiger charge is 2.45. The molecule has 1 aromatic carbocycles. The average molecular weight is 560 g/mol. The third-order valence-corrected chi connectivity index (χ3v) is 9.64. The summed E-state index contributed by atoms with van der Waals surface area (Å²) < 4.78 is 1.96. The second kappa shape index (κ2) is 10.7. The number of anilines is 1. The molecule has 4 atom stereocenters. The van der Waals surface area contributed by atoms with Gasteiger partial charge in [0.05, 0.1) is 28.6 Å². The number of H-pyrrole nitrogens is 1. The molecule has 0 bridgehead atoms. The Kier molecular flexibility index (Phi) is 7.32. The molecule has 5 N–H and O–H groups in total. The first-order valence-corrected chi connectivity index (χ1v) is 15.2. The molecule has 220 valence electrons. The van der Waals surface area contributed by atoms with E-state index in [9.17, 15) is 10.2 Å². The van der Waals surface area contributed by atoms with Crippen LogP contribution in [0.4, 0.5) is 5.82 Å². The van der Waals surface area contributed by atoms with Crippen molar-refractivity contribution in [2.24, 2.45) is 11.8 Å². The Morgan fingerprint density at radius 2 is 1.88 bits per heavy atom. The Morgan fingerprint density at radius 3 is 2.61 bits per heavy atom. The van der Waals surface area contributed by atoms with Crippen molar-refractivity contribution in [2.75, 3.05) is 12.3 Å². The molecule has 2 aliphatic carbocycles. The highest BCUT2D eigenvalue weighted by molar-refractivity contribution is 5.86. The minimum atomic E-state index is -0.849. The van der Waals surface area contributed by atoms with Crippen LogP contribution in [0, 0.1) is 11.8 Å². The number of fused-ring (bicyclic) bond motifs is 2. The molecule has 9 nitrogen and oxygen atoms in total. The predicted octanol–water partition coefficient (Wildman–Crippen LogP) is 4.59. The van der Waals surface area contributed by atoms with Crippen LogP contribution in [0.25, 0.3) is 22.1 Å². The van der Waals surface area contributed by atoms with Gasteiger partial charge in [0.15, 0.2) is 0 Å². The first-order chi connectivity index (χ1) is 19.5. The van der Waals surface area contributed by atoms with E-state index in [0.29, 0.717) is 35.9 Å². The fourth-order valence-corrected chi connectivity index (χ4v) is 7.06. The summed E-state index contributed by atoms with van der Waals surface area (Å²) in [6.07, 6.45) is 6.85. The summed E-state index contributed by atoms with van der Waals surface area (Å²) in [5.41, 5.74) is 10.3. The van der Waals surface area contributed by atoms with Crippen molar-refractivity contribution in [2.45, 2.75) is 102 Å². The van der Waals surface area contributed by atoms with Crippen LogP contribution in [0.1, 0.15) is 77.7 Å². The van der Waals surface area contributed by atoms with E-state index in [1.54, 1.807) is 0 Å². The van der Waals surface area contributed by atoms with Crippen LogP contribution in [0.5, 0.6) is 0 Å². The maximum atomic E-state index is 11.1. The number of nitrogens with one attached hydrogen (secondary N) is 1. The van der Waals surface area contributed by atoms with Crippen molar-refractivity contribution >= 4 is 27.9 Å². The maximum absolute atomic E-state index is 11.1. The Hall–Kier alpha value is -3.01. The minimum absolute atomic E-state index is 0.0124. The molecule has 6 rings (SSSR count). The lowest BCUT2D eigenvalue weighted by molar-refractivity contribution is -0.0180. The summed E-state index contributed by atoms with van der Waals surface area (Å²) in [5, 5.41) is 22.9. The van der Waals surface area contributed by atoms with Crippen LogP contribution in [0.3, 0.4) is 0 Å². The molecule has 0 amide bonds. The van der Waals surface area contributed by atoms with Gasteiger partial charge in [-0.2, -0.15) is 0 Å². The molecule has 3 heterocycles. The van der Waals surface area contributed by atoms with Gasteiger partial charge < -0.3 is 25.5 Å². The van der Waals surface area contributed by atoms with Gasteiger partial charge in [-0.15, -0.1) is 0 Å². The quantitative estimate of drug-likeness (QED) is 0.248. The lowest BCUT2D eigenvalue weighted by Gasteiger charge is -2.46. The molecule has 9 heteroatoms. The molecule has 0 spiro atoms. The molecule has 2 aliphatic rings. The second-order valence-corrected chi connectivity index (χ2v) is 13.7. The van der Waals surface area contributed by atoms with Crippen molar-refractivity contribution in [1.29, 1.82) is 0 Å². The highest BCUT2D eigenvalue weighted by Crippen LogP contribution is 2.41. The smallest absolute Gasteiger partial charge is 0.145 e. The summed E-state index contributed by atoms with van der Waals surface area (Å²) in [6.45, 7) is 12.0. The van der Waals surface area contributed by atoms with E-state index >= 15 is 0 Å². The fraction of sp³-hybridized carbons (Fsp3) is 0.594. The van der Waals surface area contributed by atoms with Crippen molar-refractivity contribution in [3.8, 4) is 0 Å². The first-order valence-electron chi connectivity index (χ1n) is 15.2. The molecular formula is C32H45N7O2. The normalized spacial score (nSPS) is 27.0. The predicted molar refractivity (Wildman–Crippen MR) is 163 cm³/mol. The SMILES string of the molecule is CC(C)N(C[C@H]1C[C@@H](n2ccc3c(N)ncnc32)[C@H](O)[C@@H]1O)C1CC(CCc2nc3cc(C(C)(C)C)ccc3[nH]2)C1. The van der Waals surface area contributed by atoms with Gasteiger partial charge in [-0.3, -0.25) is 4.90 Å². The van der Waals surface area contributed by atoms with Crippen molar-refractivity contribution in [3.63, 3.8) is 0 Å². The topological polar surface area (TPSA) is 129 Å². The number of aryl methyl sites for hydroxylation is 1. The second-order valence-electron chi connectivity index (χ2n) is 13.7. The van der Waals surface area contributed by atoms with E-state index < -0.39 is 12.2 Å². The van der Waals surface area contributed by atoms with E-state index in [2.05, 4.69) is 72.7 Å². The van der Waals surface area contributed by atoms with E-state index in [1.165, 1.54) is 24.7 Å². The van der Waals surface area contributed by atoms with Crippen LogP contribution in [0.15, 0.2) is 36.8 Å². The molecule has 0 saturated heterocycles. The lowest BCUT2D eigenvalue weighted by atomic mass is 9.76. The number of benzene rings is 1. The largest absolute Gasteiger partial charge is 0.390 e. The highest BCUT2D eigenvalue weighted by atomic mass is 16.3. The first kappa shape index (κ1) is 28.1. The van der Waals surface area contributed by atoms with Crippen molar-refractivity contribution in [1.82, 2.24) is 29.4 Å². The number of hydrogen-bond acceptors (Lipinski definition) is 7. The zero-order valence-electron chi connectivity index (χ0n) is 25.0. The maximum Gasteiger partial charge on any atom is 0.145 e. The summed E-state index contributed by atoms with van der Waals surface area (Å²) >= 11 is 0. The summed E-state index contributed by atoms with van der Waals surface area (Å²) in [6, 6.07) is 9.11. The number of nitrogen functional groups attached to an aromatic ring is 1. The number of aliphatic hydroxyl groups is 2. The summed E-state index contributed by atoms with van der Waals surface area (Å²) in [5.74, 6) is 2.18. The van der Waals surface area contributed by atoms with Gasteiger partial charge in [-0.05, 0) is 74.6 Å². The van der Waals surface area contributed by atoms with Gasteiger partial charge >= 0.3 is 0 Å². The van der Waals surface area contributed by atoms with E-state index in [-0.39, 0.29) is 17.4 Å². The van der Waals surface area contributed by atoms with Gasteiger partial charge in [0, 0.05) is 37.2 Å². The van der Waals surface area contributed by atoms with Crippen LogP contribution in [0.2, 0.25) is 0 Å². The van der Waals surface area contributed by atoms with Gasteiger partial charge in [0.25, 0.3) is 0 Å². The Balaban J connectivity index is 1.06. The van der Waals surface area contributed by atoms with Gasteiger partial charge in [-0.1, -0.05) is 26.8 Å². The van der Waals surface area contributed by atoms with Crippen LogP contribution < -0.4 is 5.73 Å². The third kappa shape index (κ3) is 5.35. The number of nitrogens with zero attached hydrogens (tertiary/aromatic N) is 5. The lowest BCUT2D eigenvalue weighted by Crippen LogP contribution is -2.51. The number of hydrogen-bond donors (Lipinski definition) is 4. The molecule has 0 radical (unpaired) electrons. The average Bonchev–Trinajstić information content (AvgIpc) is 3.58. The van der Waals surface area contributed by atoms with Gasteiger partial charge in [-0.25, -0.2) is 15.0 Å². The number of aliphatic hydroxyl groups excluding tert-OH is 2. The van der Waals surface area contributed by atoms with Gasteiger partial charge in [0.2, 0.25) is 0 Å². The van der Waals surface area contributed by atoms with Crippen molar-refractivity contribution < 1.29 is 10.2 Å². The Bertz CT molecular complexity index is 1510. The summed E-state index contributed by atoms with van der Waals surface area (Å²) in [7, 11) is 0. The molecule has 3 aromatic heterocycles. The van der Waals surface area contributed by atoms with Crippen LogP contribution in [-0.2, 0) is 11.8 Å². The van der Waals surface area contributed by atoms with Crippen molar-refractivity contribution in [3.05, 3.63) is 48.2 Å². The molecule has 4 aromatic rings. The zero-order chi connectivity index (χ0) is 29.1. The Morgan fingerprint density at radius 1 is 1.10 bits per heavy atom. The molecular weight excluding hydrogens is 514 g/mol. The molecule has 0 unspecified atom stereocenters. The zero-order valence-corrected chi connectivity index (χ0v) is 25.0. The number of rotatable bonds is 8. The van der Waals surface area contributed by atoms with Gasteiger partial charge in [0.1, 0.15) is 29.7 Å². The molecule has 41 heavy (non-hydrogen) atoms. The van der Waals surface area contributed by atoms with E-state index in [1.807, 2.05) is 16.8 Å². The Labute approximate surface area is 242 Å². The third-order valence-electron chi connectivity index (χ3n) is 9.64. The molecule has 0 aliphatic heterocycles. The van der Waals surface area contributed by atoms with Crippen LogP contribution >= 0.6 is 0 Å². The number of aromatic nitrogens is 5. The number of imidazole rings is 1. The molecule has 2 fully saturated rings. The summed E-state index contributed by atoms with van der Waals surface area (Å²) in [4.78, 5) is 19.5. The molecule has 2 saturated carbocycles. The fourth-order valence-electron chi connectivity index (χ4n) is 7.06. The van der Waals surface area contributed by atoms with E-state index in [0.717, 1.165) is 41.6 Å². The number of nitrogens with two attached hydrogens (primary N) is 1. The monoisotopic (exact) mass is 559 g/mol. The van der Waals surface area contributed by atoms with Crippen LogP contribution in [-0.4, -0.2) is 70.5 Å². The number of aromatic amines is 1. The minimum Gasteiger partial charge on any atom is -0.390 e.